The van der Waals surface area contributed by atoms with E-state index in [1.54, 1.807) is 0 Å². The predicted octanol–water partition coefficient (Wildman–Crippen LogP) is 4.36. The van der Waals surface area contributed by atoms with E-state index in [1.807, 2.05) is 30.3 Å². The summed E-state index contributed by atoms with van der Waals surface area (Å²) >= 11 is 0. The molecule has 1 atom stereocenters. The molecule has 1 aromatic rings. The van der Waals surface area contributed by atoms with Gasteiger partial charge in [-0.2, -0.15) is 36.4 Å². The summed E-state index contributed by atoms with van der Waals surface area (Å²) in [6.07, 6.45) is 7.14. The molecule has 1 radical (unpaired) electrons. The van der Waals surface area contributed by atoms with Crippen LogP contribution < -0.4 is 0 Å². The Labute approximate surface area is 122 Å². The fourth-order valence-electron chi connectivity index (χ4n) is 1.02. The normalized spacial score (nSPS) is 9.20. The Balaban J connectivity index is 0. The van der Waals surface area contributed by atoms with Gasteiger partial charge in [-0.05, 0) is 18.7 Å². The zero-order valence-electron chi connectivity index (χ0n) is 10.00. The van der Waals surface area contributed by atoms with E-state index in [-0.39, 0.29) is 32.7 Å². The molecule has 1 rings (SSSR count). The van der Waals surface area contributed by atoms with Crippen LogP contribution in [0, 0.1) is 6.07 Å². The number of hydrogen-bond acceptors (Lipinski definition) is 0. The molecular formula is C13H22PY-. The maximum atomic E-state index is 2.89. The molecule has 0 fully saturated rings. The van der Waals surface area contributed by atoms with E-state index >= 15 is 0 Å². The maximum Gasteiger partial charge on any atom is 0 e. The second-order valence-electron chi connectivity index (χ2n) is 3.14. The standard InChI is InChI=1S/C7H17P.C6H5.Y/c1-3-5-6-7-8-4-2;1-2-4-6-5-3-1;/h8H,3-7H2,1-2H3;1-5H;/q;-1;. The van der Waals surface area contributed by atoms with Crippen LogP contribution in [0.2, 0.25) is 0 Å². The molecule has 0 saturated heterocycles. The first kappa shape index (κ1) is 18.1. The average Bonchev–Trinajstić information content (AvgIpc) is 2.28. The van der Waals surface area contributed by atoms with Crippen LogP contribution in [0.4, 0.5) is 0 Å². The summed E-state index contributed by atoms with van der Waals surface area (Å²) in [4.78, 5) is 0. The molecule has 0 aliphatic heterocycles. The first-order valence-electron chi connectivity index (χ1n) is 5.53. The van der Waals surface area contributed by atoms with E-state index < -0.39 is 0 Å². The van der Waals surface area contributed by atoms with Gasteiger partial charge in [0.25, 0.3) is 0 Å². The van der Waals surface area contributed by atoms with Crippen LogP contribution in [-0.4, -0.2) is 12.3 Å². The van der Waals surface area contributed by atoms with E-state index in [1.165, 1.54) is 40.2 Å². The molecule has 15 heavy (non-hydrogen) atoms. The summed E-state index contributed by atoms with van der Waals surface area (Å²) in [7, 11) is 1.22. The molecule has 0 N–H and O–H groups in total. The van der Waals surface area contributed by atoms with Crippen molar-refractivity contribution in [2.24, 2.45) is 0 Å². The van der Waals surface area contributed by atoms with Gasteiger partial charge in [-0.15, -0.1) is 8.58 Å². The Morgan fingerprint density at radius 2 is 1.67 bits per heavy atom. The van der Waals surface area contributed by atoms with Gasteiger partial charge in [0.15, 0.2) is 0 Å². The molecule has 0 aliphatic carbocycles. The molecule has 2 heteroatoms. The minimum atomic E-state index is 0. The van der Waals surface area contributed by atoms with Crippen molar-refractivity contribution in [3.63, 3.8) is 0 Å². The summed E-state index contributed by atoms with van der Waals surface area (Å²) < 4.78 is 0. The summed E-state index contributed by atoms with van der Waals surface area (Å²) in [6.45, 7) is 4.53. The summed E-state index contributed by atoms with van der Waals surface area (Å²) in [5.41, 5.74) is 0. The van der Waals surface area contributed by atoms with Gasteiger partial charge < -0.3 is 0 Å². The van der Waals surface area contributed by atoms with E-state index in [0.29, 0.717) is 0 Å². The summed E-state index contributed by atoms with van der Waals surface area (Å²) in [5, 5.41) is 0. The maximum absolute atomic E-state index is 2.89. The second-order valence-corrected chi connectivity index (χ2v) is 4.85. The largest absolute Gasteiger partial charge is 0.184 e. The molecule has 0 spiro atoms. The van der Waals surface area contributed by atoms with Crippen molar-refractivity contribution in [2.45, 2.75) is 33.1 Å². The number of benzene rings is 1. The Bertz CT molecular complexity index is 144. The quantitative estimate of drug-likeness (QED) is 0.430. The Morgan fingerprint density at radius 3 is 2.00 bits per heavy atom. The molecule has 0 saturated carbocycles. The van der Waals surface area contributed by atoms with Crippen LogP contribution in [0.3, 0.4) is 0 Å². The molecule has 1 unspecified atom stereocenters. The summed E-state index contributed by atoms with van der Waals surface area (Å²) in [5.74, 6) is 0. The molecule has 0 bridgehead atoms. The van der Waals surface area contributed by atoms with Gasteiger partial charge in [0.2, 0.25) is 0 Å². The third-order valence-electron chi connectivity index (χ3n) is 1.81. The van der Waals surface area contributed by atoms with Crippen molar-refractivity contribution in [2.75, 3.05) is 12.3 Å². The third-order valence-corrected chi connectivity index (χ3v) is 3.02. The van der Waals surface area contributed by atoms with Gasteiger partial charge in [0.1, 0.15) is 0 Å². The Morgan fingerprint density at radius 1 is 1.00 bits per heavy atom. The minimum absolute atomic E-state index is 0. The molecular weight excluding hydrogens is 276 g/mol. The fraction of sp³-hybridized carbons (Fsp3) is 0.538. The van der Waals surface area contributed by atoms with Gasteiger partial charge in [-0.1, -0.05) is 26.7 Å². The van der Waals surface area contributed by atoms with Gasteiger partial charge in [-0.25, -0.2) is 0 Å². The number of rotatable bonds is 5. The minimum Gasteiger partial charge on any atom is -0.184 e. The summed E-state index contributed by atoms with van der Waals surface area (Å²) in [6, 6.07) is 12.5. The van der Waals surface area contributed by atoms with Crippen LogP contribution in [-0.2, 0) is 32.7 Å². The second kappa shape index (κ2) is 17.2. The van der Waals surface area contributed by atoms with Crippen molar-refractivity contribution in [3.8, 4) is 0 Å². The van der Waals surface area contributed by atoms with Crippen LogP contribution in [0.1, 0.15) is 33.1 Å². The van der Waals surface area contributed by atoms with Crippen molar-refractivity contribution < 1.29 is 32.7 Å². The van der Waals surface area contributed by atoms with Crippen molar-refractivity contribution in [3.05, 3.63) is 36.4 Å². The van der Waals surface area contributed by atoms with E-state index in [2.05, 4.69) is 19.9 Å². The van der Waals surface area contributed by atoms with Gasteiger partial charge in [0, 0.05) is 32.7 Å². The van der Waals surface area contributed by atoms with Crippen LogP contribution in [0.15, 0.2) is 30.3 Å². The smallest absolute Gasteiger partial charge is 0 e. The predicted molar refractivity (Wildman–Crippen MR) is 68.5 cm³/mol. The van der Waals surface area contributed by atoms with Gasteiger partial charge in [-0.3, -0.25) is 0 Å². The molecule has 0 heterocycles. The Kier molecular flexibility index (Phi) is 20.7. The fourth-order valence-corrected chi connectivity index (χ4v) is 1.87. The van der Waals surface area contributed by atoms with Crippen LogP contribution in [0.25, 0.3) is 0 Å². The third kappa shape index (κ3) is 17.4. The zero-order valence-corrected chi connectivity index (χ0v) is 13.8. The van der Waals surface area contributed by atoms with E-state index in [0.717, 1.165) is 0 Å². The molecule has 83 valence electrons. The SMILES string of the molecule is CCCCCPCC.[Y].[c-]1ccccc1. The number of unbranched alkanes of at least 4 members (excludes halogenated alkanes) is 2. The Hall–Kier alpha value is 0.754. The molecule has 0 amide bonds. The molecule has 0 aromatic heterocycles. The van der Waals surface area contributed by atoms with E-state index in [4.69, 9.17) is 0 Å². The zero-order chi connectivity index (χ0) is 10.5. The van der Waals surface area contributed by atoms with Gasteiger partial charge >= 0.3 is 0 Å². The van der Waals surface area contributed by atoms with Crippen LogP contribution in [0.5, 0.6) is 0 Å². The van der Waals surface area contributed by atoms with Crippen molar-refractivity contribution in [1.82, 2.24) is 0 Å². The van der Waals surface area contributed by atoms with Crippen LogP contribution >= 0.6 is 8.58 Å². The molecule has 0 nitrogen and oxygen atoms in total. The van der Waals surface area contributed by atoms with Gasteiger partial charge in [0.05, 0.1) is 0 Å². The molecule has 1 aromatic carbocycles. The monoisotopic (exact) mass is 298 g/mol. The van der Waals surface area contributed by atoms with Crippen molar-refractivity contribution in [1.29, 1.82) is 0 Å². The van der Waals surface area contributed by atoms with E-state index in [9.17, 15) is 0 Å². The average molecular weight is 298 g/mol. The molecule has 0 aliphatic rings. The number of hydrogen-bond donors (Lipinski definition) is 0. The first-order valence-corrected chi connectivity index (χ1v) is 6.95. The first-order chi connectivity index (χ1) is 6.91. The van der Waals surface area contributed by atoms with Crippen molar-refractivity contribution >= 4 is 8.58 Å². The topological polar surface area (TPSA) is 0 Å².